The van der Waals surface area contributed by atoms with Gasteiger partial charge in [-0.1, -0.05) is 11.6 Å². The summed E-state index contributed by atoms with van der Waals surface area (Å²) >= 11 is 7.29. The van der Waals surface area contributed by atoms with Crippen molar-refractivity contribution in [3.63, 3.8) is 0 Å². The van der Waals surface area contributed by atoms with Gasteiger partial charge in [0.05, 0.1) is 28.0 Å². The molecular weight excluding hydrogens is 328 g/mol. The highest BCUT2D eigenvalue weighted by Gasteiger charge is 2.13. The highest BCUT2D eigenvalue weighted by atomic mass is 35.5. The van der Waals surface area contributed by atoms with Crippen LogP contribution in [-0.4, -0.2) is 14.8 Å². The van der Waals surface area contributed by atoms with Crippen molar-refractivity contribution in [1.82, 2.24) is 14.8 Å². The van der Waals surface area contributed by atoms with Gasteiger partial charge in [-0.25, -0.2) is 13.8 Å². The van der Waals surface area contributed by atoms with Crippen LogP contribution in [-0.2, 0) is 6.42 Å². The van der Waals surface area contributed by atoms with Crippen molar-refractivity contribution in [1.29, 1.82) is 0 Å². The molecule has 0 N–H and O–H groups in total. The number of aromatic nitrogens is 3. The van der Waals surface area contributed by atoms with Gasteiger partial charge in [0, 0.05) is 29.6 Å². The lowest BCUT2D eigenvalue weighted by Gasteiger charge is -2.09. The van der Waals surface area contributed by atoms with E-state index in [1.54, 1.807) is 22.5 Å². The Kier molecular flexibility index (Phi) is 4.22. The number of thiazole rings is 1. The minimum absolute atomic E-state index is 0.0876. The van der Waals surface area contributed by atoms with E-state index >= 15 is 0 Å². The van der Waals surface area contributed by atoms with Gasteiger partial charge >= 0.3 is 0 Å². The molecule has 1 unspecified atom stereocenters. The summed E-state index contributed by atoms with van der Waals surface area (Å²) in [5.41, 5.74) is 0.821. The van der Waals surface area contributed by atoms with Crippen molar-refractivity contribution >= 4 is 22.9 Å². The molecule has 0 amide bonds. The van der Waals surface area contributed by atoms with E-state index in [0.717, 1.165) is 11.1 Å². The zero-order valence-corrected chi connectivity index (χ0v) is 13.2. The normalized spacial score (nSPS) is 12.5. The fourth-order valence-electron chi connectivity index (χ4n) is 2.13. The fourth-order valence-corrected chi connectivity index (χ4v) is 3.19. The van der Waals surface area contributed by atoms with Crippen LogP contribution in [0.15, 0.2) is 36.0 Å². The largest absolute Gasteiger partial charge is 0.268 e. The molecule has 1 aromatic carbocycles. The van der Waals surface area contributed by atoms with Crippen LogP contribution in [0.1, 0.15) is 18.0 Å². The van der Waals surface area contributed by atoms with E-state index in [-0.39, 0.29) is 6.04 Å². The van der Waals surface area contributed by atoms with Gasteiger partial charge in [-0.15, -0.1) is 11.3 Å². The first-order valence-electron chi connectivity index (χ1n) is 6.62. The zero-order chi connectivity index (χ0) is 15.7. The monoisotopic (exact) mass is 339 g/mol. The second-order valence-electron chi connectivity index (χ2n) is 4.94. The number of nitrogens with zero attached hydrogens (tertiary/aromatic N) is 3. The summed E-state index contributed by atoms with van der Waals surface area (Å²) in [5.74, 6) is -1.20. The van der Waals surface area contributed by atoms with E-state index in [1.807, 2.05) is 6.92 Å². The summed E-state index contributed by atoms with van der Waals surface area (Å²) in [6.07, 6.45) is 3.99. The van der Waals surface area contributed by atoms with Crippen molar-refractivity contribution in [3.8, 4) is 11.3 Å². The standard InChI is InChI=1S/C15H12ClF2N3S/c1-9(21-7-10(16)6-19-21)4-15-20-14(8-22-15)12-3-2-11(17)5-13(12)18/h2-3,5-9H,4H2,1H3. The second kappa shape index (κ2) is 6.14. The summed E-state index contributed by atoms with van der Waals surface area (Å²) in [7, 11) is 0. The number of rotatable bonds is 4. The third-order valence-electron chi connectivity index (χ3n) is 3.25. The maximum absolute atomic E-state index is 13.8. The van der Waals surface area contributed by atoms with Crippen molar-refractivity contribution in [2.45, 2.75) is 19.4 Å². The van der Waals surface area contributed by atoms with E-state index < -0.39 is 11.6 Å². The molecule has 0 aliphatic carbocycles. The minimum atomic E-state index is -0.608. The Morgan fingerprint density at radius 2 is 2.18 bits per heavy atom. The van der Waals surface area contributed by atoms with E-state index in [0.29, 0.717) is 22.7 Å². The molecule has 3 nitrogen and oxygen atoms in total. The Hall–Kier alpha value is -1.79. The first-order valence-corrected chi connectivity index (χ1v) is 7.88. The van der Waals surface area contributed by atoms with E-state index in [9.17, 15) is 8.78 Å². The van der Waals surface area contributed by atoms with Gasteiger partial charge in [0.1, 0.15) is 11.6 Å². The lowest BCUT2D eigenvalue weighted by Crippen LogP contribution is -2.08. The SMILES string of the molecule is CC(Cc1nc(-c2ccc(F)cc2F)cs1)n1cc(Cl)cn1. The van der Waals surface area contributed by atoms with Crippen LogP contribution in [0.3, 0.4) is 0 Å². The van der Waals surface area contributed by atoms with Gasteiger partial charge in [-0.3, -0.25) is 4.68 Å². The maximum atomic E-state index is 13.8. The molecule has 0 bridgehead atoms. The molecule has 22 heavy (non-hydrogen) atoms. The quantitative estimate of drug-likeness (QED) is 0.687. The van der Waals surface area contributed by atoms with E-state index in [2.05, 4.69) is 10.1 Å². The number of hydrogen-bond acceptors (Lipinski definition) is 3. The Labute approximate surface area is 135 Å². The van der Waals surface area contributed by atoms with Crippen LogP contribution in [0.4, 0.5) is 8.78 Å². The van der Waals surface area contributed by atoms with Gasteiger partial charge in [-0.2, -0.15) is 5.10 Å². The summed E-state index contributed by atoms with van der Waals surface area (Å²) in [6, 6.07) is 3.58. The predicted molar refractivity (Wildman–Crippen MR) is 83.1 cm³/mol. The zero-order valence-electron chi connectivity index (χ0n) is 11.6. The molecule has 3 aromatic rings. The first kappa shape index (κ1) is 15.1. The lowest BCUT2D eigenvalue weighted by atomic mass is 10.1. The molecule has 0 aliphatic rings. The molecule has 7 heteroatoms. The molecule has 0 saturated carbocycles. The molecule has 2 heterocycles. The van der Waals surface area contributed by atoms with Crippen molar-refractivity contribution in [2.75, 3.05) is 0 Å². The second-order valence-corrected chi connectivity index (χ2v) is 6.32. The van der Waals surface area contributed by atoms with Crippen LogP contribution >= 0.6 is 22.9 Å². The summed E-state index contributed by atoms with van der Waals surface area (Å²) in [6.45, 7) is 2.00. The highest BCUT2D eigenvalue weighted by molar-refractivity contribution is 7.09. The Bertz CT molecular complexity index is 800. The number of hydrogen-bond donors (Lipinski definition) is 0. The molecule has 0 saturated heterocycles. The third-order valence-corrected chi connectivity index (χ3v) is 4.32. The van der Waals surface area contributed by atoms with E-state index in [1.165, 1.54) is 23.5 Å². The van der Waals surface area contributed by atoms with Gasteiger partial charge < -0.3 is 0 Å². The number of halogens is 3. The van der Waals surface area contributed by atoms with E-state index in [4.69, 9.17) is 11.6 Å². The molecule has 0 radical (unpaired) electrons. The Balaban J connectivity index is 1.79. The molecule has 1 atom stereocenters. The van der Waals surface area contributed by atoms with Crippen LogP contribution in [0.25, 0.3) is 11.3 Å². The van der Waals surface area contributed by atoms with Crippen molar-refractivity contribution in [2.24, 2.45) is 0 Å². The summed E-state index contributed by atoms with van der Waals surface area (Å²) in [4.78, 5) is 4.43. The summed E-state index contributed by atoms with van der Waals surface area (Å²) in [5, 5.41) is 7.38. The average molecular weight is 340 g/mol. The van der Waals surface area contributed by atoms with Crippen LogP contribution in [0, 0.1) is 11.6 Å². The predicted octanol–water partition coefficient (Wildman–Crippen LogP) is 4.74. The van der Waals surface area contributed by atoms with Crippen molar-refractivity contribution < 1.29 is 8.78 Å². The summed E-state index contributed by atoms with van der Waals surface area (Å²) < 4.78 is 28.5. The van der Waals surface area contributed by atoms with Gasteiger partial charge in [0.15, 0.2) is 0 Å². The molecule has 3 rings (SSSR count). The van der Waals surface area contributed by atoms with Crippen LogP contribution < -0.4 is 0 Å². The molecule has 0 fully saturated rings. The molecular formula is C15H12ClF2N3S. The Morgan fingerprint density at radius 1 is 1.36 bits per heavy atom. The smallest absolute Gasteiger partial charge is 0.135 e. The average Bonchev–Trinajstić information content (AvgIpc) is 3.08. The molecule has 2 aromatic heterocycles. The molecule has 0 aliphatic heterocycles. The van der Waals surface area contributed by atoms with Gasteiger partial charge in [-0.05, 0) is 19.1 Å². The fraction of sp³-hybridized carbons (Fsp3) is 0.200. The molecule has 114 valence electrons. The minimum Gasteiger partial charge on any atom is -0.268 e. The van der Waals surface area contributed by atoms with Gasteiger partial charge in [0.25, 0.3) is 0 Å². The number of benzene rings is 1. The maximum Gasteiger partial charge on any atom is 0.135 e. The van der Waals surface area contributed by atoms with Crippen LogP contribution in [0.5, 0.6) is 0 Å². The lowest BCUT2D eigenvalue weighted by molar-refractivity contribution is 0.488. The Morgan fingerprint density at radius 3 is 2.86 bits per heavy atom. The first-order chi connectivity index (χ1) is 10.5. The topological polar surface area (TPSA) is 30.7 Å². The van der Waals surface area contributed by atoms with Crippen molar-refractivity contribution in [3.05, 3.63) is 57.6 Å². The highest BCUT2D eigenvalue weighted by Crippen LogP contribution is 2.27. The third kappa shape index (κ3) is 3.18. The molecule has 0 spiro atoms. The van der Waals surface area contributed by atoms with Crippen LogP contribution in [0.2, 0.25) is 5.02 Å². The van der Waals surface area contributed by atoms with Gasteiger partial charge in [0.2, 0.25) is 0 Å².